The van der Waals surface area contributed by atoms with Crippen LogP contribution in [0.25, 0.3) is 0 Å². The van der Waals surface area contributed by atoms with Crippen LogP contribution in [0.4, 0.5) is 0 Å². The molecule has 0 unspecified atom stereocenters. The maximum absolute atomic E-state index is 12.3. The molecular weight excluding hydrogens is 290 g/mol. The second kappa shape index (κ2) is 6.91. The number of nitrogens with zero attached hydrogens (tertiary/aromatic N) is 4. The molecule has 0 bridgehead atoms. The van der Waals surface area contributed by atoms with Crippen LogP contribution in [0.1, 0.15) is 22.8 Å². The summed E-state index contributed by atoms with van der Waals surface area (Å²) in [6.45, 7) is 3.37. The quantitative estimate of drug-likeness (QED) is 0.757. The number of imidazole rings is 1. The maximum atomic E-state index is 12.3. The van der Waals surface area contributed by atoms with Crippen molar-refractivity contribution >= 4 is 5.91 Å². The normalized spacial score (nSPS) is 12.0. The number of aromatic nitrogens is 4. The van der Waals surface area contributed by atoms with E-state index in [1.165, 1.54) is 0 Å². The summed E-state index contributed by atoms with van der Waals surface area (Å²) in [5.41, 5.74) is 1.77. The van der Waals surface area contributed by atoms with E-state index < -0.39 is 0 Å². The van der Waals surface area contributed by atoms with Crippen LogP contribution in [0.15, 0.2) is 61.4 Å². The van der Waals surface area contributed by atoms with Gasteiger partial charge in [-0.1, -0.05) is 12.1 Å². The molecule has 0 saturated carbocycles. The largest absolute Gasteiger partial charge is 0.348 e. The van der Waals surface area contributed by atoms with Crippen LogP contribution < -0.4 is 5.32 Å². The fourth-order valence-corrected chi connectivity index (χ4v) is 2.41. The summed E-state index contributed by atoms with van der Waals surface area (Å²) < 4.78 is 3.79. The first-order valence-electron chi connectivity index (χ1n) is 7.53. The van der Waals surface area contributed by atoms with Crippen LogP contribution in [-0.2, 0) is 13.1 Å². The first kappa shape index (κ1) is 15.0. The summed E-state index contributed by atoms with van der Waals surface area (Å²) in [4.78, 5) is 16.3. The number of nitrogens with one attached hydrogen (secondary N) is 1. The lowest BCUT2D eigenvalue weighted by atomic mass is 10.1. The minimum Gasteiger partial charge on any atom is -0.348 e. The Balaban J connectivity index is 1.56. The number of benzene rings is 1. The number of hydrogen-bond donors (Lipinski definition) is 1. The van der Waals surface area contributed by atoms with Crippen molar-refractivity contribution in [2.75, 3.05) is 0 Å². The van der Waals surface area contributed by atoms with E-state index >= 15 is 0 Å². The zero-order chi connectivity index (χ0) is 16.1. The van der Waals surface area contributed by atoms with Crippen LogP contribution in [0.2, 0.25) is 0 Å². The van der Waals surface area contributed by atoms with E-state index in [0.717, 1.165) is 5.56 Å². The zero-order valence-corrected chi connectivity index (χ0v) is 13.0. The predicted octanol–water partition coefficient (Wildman–Crippen LogP) is 1.95. The minimum atomic E-state index is -0.0664. The Labute approximate surface area is 134 Å². The van der Waals surface area contributed by atoms with Crippen LogP contribution in [0, 0.1) is 0 Å². The number of amides is 1. The van der Waals surface area contributed by atoms with E-state index in [1.54, 1.807) is 18.7 Å². The molecule has 1 atom stereocenters. The van der Waals surface area contributed by atoms with Gasteiger partial charge in [0.25, 0.3) is 5.91 Å². The van der Waals surface area contributed by atoms with Gasteiger partial charge >= 0.3 is 0 Å². The van der Waals surface area contributed by atoms with Gasteiger partial charge in [0.1, 0.15) is 0 Å². The van der Waals surface area contributed by atoms with Gasteiger partial charge in [0.15, 0.2) is 0 Å². The van der Waals surface area contributed by atoms with Crippen LogP contribution in [0.5, 0.6) is 0 Å². The van der Waals surface area contributed by atoms with Crippen LogP contribution >= 0.6 is 0 Å². The molecule has 23 heavy (non-hydrogen) atoms. The van der Waals surface area contributed by atoms with Gasteiger partial charge in [-0.05, 0) is 30.7 Å². The summed E-state index contributed by atoms with van der Waals surface area (Å²) in [6, 6.07) is 9.52. The maximum Gasteiger partial charge on any atom is 0.251 e. The molecule has 0 saturated heterocycles. The zero-order valence-electron chi connectivity index (χ0n) is 13.0. The Hall–Kier alpha value is -2.89. The van der Waals surface area contributed by atoms with E-state index in [4.69, 9.17) is 0 Å². The SMILES string of the molecule is C[C@H](Cn1ccnc1)NC(=O)c1ccc(Cn2cccn2)cc1. The highest BCUT2D eigenvalue weighted by molar-refractivity contribution is 5.94. The molecule has 3 rings (SSSR count). The molecule has 2 heterocycles. The van der Waals surface area contributed by atoms with Gasteiger partial charge in [-0.2, -0.15) is 5.10 Å². The lowest BCUT2D eigenvalue weighted by Crippen LogP contribution is -2.35. The summed E-state index contributed by atoms with van der Waals surface area (Å²) in [6.07, 6.45) is 9.02. The third kappa shape index (κ3) is 4.06. The lowest BCUT2D eigenvalue weighted by molar-refractivity contribution is 0.0936. The number of carbonyl (C=O) groups excluding carboxylic acids is 1. The second-order valence-electron chi connectivity index (χ2n) is 5.53. The Morgan fingerprint density at radius 1 is 1.22 bits per heavy atom. The molecule has 0 fully saturated rings. The van der Waals surface area contributed by atoms with Crippen LogP contribution in [-0.4, -0.2) is 31.3 Å². The van der Waals surface area contributed by atoms with E-state index in [0.29, 0.717) is 18.7 Å². The molecule has 1 amide bonds. The molecule has 0 radical (unpaired) electrons. The van der Waals surface area contributed by atoms with Gasteiger partial charge in [-0.3, -0.25) is 9.48 Å². The molecule has 1 aromatic carbocycles. The van der Waals surface area contributed by atoms with Crippen molar-refractivity contribution in [3.8, 4) is 0 Å². The first-order valence-corrected chi connectivity index (χ1v) is 7.53. The highest BCUT2D eigenvalue weighted by Crippen LogP contribution is 2.07. The fraction of sp³-hybridized carbons (Fsp3) is 0.235. The van der Waals surface area contributed by atoms with Gasteiger partial charge in [0.2, 0.25) is 0 Å². The van der Waals surface area contributed by atoms with Gasteiger partial charge < -0.3 is 9.88 Å². The van der Waals surface area contributed by atoms with Crippen molar-refractivity contribution in [1.82, 2.24) is 24.6 Å². The second-order valence-corrected chi connectivity index (χ2v) is 5.53. The van der Waals surface area contributed by atoms with Gasteiger partial charge in [0.05, 0.1) is 12.9 Å². The van der Waals surface area contributed by atoms with Crippen molar-refractivity contribution in [1.29, 1.82) is 0 Å². The summed E-state index contributed by atoms with van der Waals surface area (Å²) in [7, 11) is 0. The topological polar surface area (TPSA) is 64.7 Å². The summed E-state index contributed by atoms with van der Waals surface area (Å²) >= 11 is 0. The van der Waals surface area contributed by atoms with Crippen molar-refractivity contribution in [2.45, 2.75) is 26.1 Å². The van der Waals surface area contributed by atoms with Gasteiger partial charge in [-0.15, -0.1) is 0 Å². The minimum absolute atomic E-state index is 0.0282. The van der Waals surface area contributed by atoms with Gasteiger partial charge in [-0.25, -0.2) is 4.98 Å². The van der Waals surface area contributed by atoms with Crippen molar-refractivity contribution in [2.24, 2.45) is 0 Å². The number of hydrogen-bond acceptors (Lipinski definition) is 3. The third-order valence-electron chi connectivity index (χ3n) is 3.54. The Morgan fingerprint density at radius 3 is 2.70 bits per heavy atom. The van der Waals surface area contributed by atoms with Crippen LogP contribution in [0.3, 0.4) is 0 Å². The first-order chi connectivity index (χ1) is 11.2. The average Bonchev–Trinajstić information content (AvgIpc) is 3.21. The summed E-state index contributed by atoms with van der Waals surface area (Å²) in [5.74, 6) is -0.0664. The molecule has 118 valence electrons. The molecule has 1 N–H and O–H groups in total. The molecule has 0 aliphatic heterocycles. The van der Waals surface area contributed by atoms with Crippen molar-refractivity contribution in [3.05, 3.63) is 72.6 Å². The van der Waals surface area contributed by atoms with E-state index in [-0.39, 0.29) is 11.9 Å². The molecule has 6 nitrogen and oxygen atoms in total. The van der Waals surface area contributed by atoms with Gasteiger partial charge in [0, 0.05) is 42.9 Å². The third-order valence-corrected chi connectivity index (χ3v) is 3.54. The summed E-state index contributed by atoms with van der Waals surface area (Å²) in [5, 5.41) is 7.17. The smallest absolute Gasteiger partial charge is 0.251 e. The number of rotatable bonds is 6. The molecule has 0 aliphatic rings. The molecule has 3 aromatic rings. The molecule has 6 heteroatoms. The molecule has 2 aromatic heterocycles. The predicted molar refractivity (Wildman–Crippen MR) is 86.9 cm³/mol. The van der Waals surface area contributed by atoms with E-state index in [9.17, 15) is 4.79 Å². The van der Waals surface area contributed by atoms with Crippen molar-refractivity contribution in [3.63, 3.8) is 0 Å². The molecular formula is C17H19N5O. The number of carbonyl (C=O) groups is 1. The highest BCUT2D eigenvalue weighted by atomic mass is 16.1. The monoisotopic (exact) mass is 309 g/mol. The molecule has 0 spiro atoms. The Bertz CT molecular complexity index is 732. The van der Waals surface area contributed by atoms with E-state index in [1.807, 2.05) is 58.9 Å². The Kier molecular flexibility index (Phi) is 4.52. The molecule has 0 aliphatic carbocycles. The highest BCUT2D eigenvalue weighted by Gasteiger charge is 2.10. The standard InChI is InChI=1S/C17H19N5O/c1-14(11-21-10-8-18-13-21)20-17(23)16-5-3-15(4-6-16)12-22-9-2-7-19-22/h2-10,13-14H,11-12H2,1H3,(H,20,23)/t14-/m1/s1. The van der Waals surface area contributed by atoms with Crippen molar-refractivity contribution < 1.29 is 4.79 Å². The fourth-order valence-electron chi connectivity index (χ4n) is 2.41. The average molecular weight is 309 g/mol. The Morgan fingerprint density at radius 2 is 2.04 bits per heavy atom. The lowest BCUT2D eigenvalue weighted by Gasteiger charge is -2.14. The van der Waals surface area contributed by atoms with E-state index in [2.05, 4.69) is 15.4 Å².